The van der Waals surface area contributed by atoms with Gasteiger partial charge in [-0.25, -0.2) is 4.79 Å². The van der Waals surface area contributed by atoms with Crippen molar-refractivity contribution in [1.29, 1.82) is 0 Å². The molecule has 0 saturated heterocycles. The van der Waals surface area contributed by atoms with E-state index in [1.54, 1.807) is 19.9 Å². The maximum absolute atomic E-state index is 12.4. The van der Waals surface area contributed by atoms with Crippen molar-refractivity contribution in [2.75, 3.05) is 18.0 Å². The highest BCUT2D eigenvalue weighted by molar-refractivity contribution is 5.94. The lowest BCUT2D eigenvalue weighted by molar-refractivity contribution is -0.119. The SMILES string of the molecule is CCN(CC(F)(F)F)c1cc(C)ccc1C(=O)O. The fourth-order valence-corrected chi connectivity index (χ4v) is 1.67. The number of carboxylic acids is 1. The molecule has 0 aromatic heterocycles. The normalized spacial score (nSPS) is 11.4. The molecule has 0 amide bonds. The Hall–Kier alpha value is -1.72. The van der Waals surface area contributed by atoms with Crippen LogP contribution in [0.1, 0.15) is 22.8 Å². The van der Waals surface area contributed by atoms with Crippen LogP contribution >= 0.6 is 0 Å². The Labute approximate surface area is 103 Å². The highest BCUT2D eigenvalue weighted by atomic mass is 19.4. The molecule has 6 heteroatoms. The largest absolute Gasteiger partial charge is 0.478 e. The van der Waals surface area contributed by atoms with Gasteiger partial charge in [-0.2, -0.15) is 13.2 Å². The minimum absolute atomic E-state index is 0.0866. The molecule has 100 valence electrons. The van der Waals surface area contributed by atoms with Crippen LogP contribution in [0.2, 0.25) is 0 Å². The monoisotopic (exact) mass is 261 g/mol. The minimum atomic E-state index is -4.37. The van der Waals surface area contributed by atoms with Gasteiger partial charge >= 0.3 is 12.1 Å². The molecule has 1 rings (SSSR count). The van der Waals surface area contributed by atoms with Gasteiger partial charge in [0.05, 0.1) is 11.3 Å². The molecule has 0 heterocycles. The zero-order chi connectivity index (χ0) is 13.9. The first kappa shape index (κ1) is 14.3. The predicted octanol–water partition coefficient (Wildman–Crippen LogP) is 3.08. The van der Waals surface area contributed by atoms with Crippen molar-refractivity contribution in [3.8, 4) is 0 Å². The number of aryl methyl sites for hydroxylation is 1. The van der Waals surface area contributed by atoms with Crippen LogP contribution in [0.25, 0.3) is 0 Å². The second-order valence-corrected chi connectivity index (χ2v) is 3.96. The second-order valence-electron chi connectivity index (χ2n) is 3.96. The maximum Gasteiger partial charge on any atom is 0.405 e. The molecule has 0 aliphatic rings. The number of halogens is 3. The Morgan fingerprint density at radius 2 is 2.00 bits per heavy atom. The van der Waals surface area contributed by atoms with Gasteiger partial charge in [0.25, 0.3) is 0 Å². The first-order chi connectivity index (χ1) is 8.24. The standard InChI is InChI=1S/C12H14F3NO2/c1-3-16(7-12(13,14)15)10-6-8(2)4-5-9(10)11(17)18/h4-6H,3,7H2,1-2H3,(H,17,18). The zero-order valence-corrected chi connectivity index (χ0v) is 10.1. The molecule has 1 aromatic carbocycles. The Morgan fingerprint density at radius 3 is 2.44 bits per heavy atom. The van der Waals surface area contributed by atoms with E-state index in [9.17, 15) is 18.0 Å². The van der Waals surface area contributed by atoms with E-state index in [2.05, 4.69) is 0 Å². The molecule has 1 N–H and O–H groups in total. The van der Waals surface area contributed by atoms with Crippen molar-refractivity contribution >= 4 is 11.7 Å². The van der Waals surface area contributed by atoms with Crippen molar-refractivity contribution in [1.82, 2.24) is 0 Å². The van der Waals surface area contributed by atoms with Gasteiger partial charge in [-0.05, 0) is 31.5 Å². The van der Waals surface area contributed by atoms with Crippen molar-refractivity contribution in [3.05, 3.63) is 29.3 Å². The molecular formula is C12H14F3NO2. The summed E-state index contributed by atoms with van der Waals surface area (Å²) >= 11 is 0. The van der Waals surface area contributed by atoms with Gasteiger partial charge in [0.2, 0.25) is 0 Å². The van der Waals surface area contributed by atoms with Gasteiger partial charge in [-0.15, -0.1) is 0 Å². The Morgan fingerprint density at radius 1 is 1.39 bits per heavy atom. The average molecular weight is 261 g/mol. The molecular weight excluding hydrogens is 247 g/mol. The van der Waals surface area contributed by atoms with Crippen molar-refractivity contribution in [2.24, 2.45) is 0 Å². The molecule has 0 unspecified atom stereocenters. The number of rotatable bonds is 4. The van der Waals surface area contributed by atoms with E-state index in [4.69, 9.17) is 5.11 Å². The Balaban J connectivity index is 3.19. The fourth-order valence-electron chi connectivity index (χ4n) is 1.67. The van der Waals surface area contributed by atoms with E-state index in [1.807, 2.05) is 0 Å². The van der Waals surface area contributed by atoms with Crippen molar-refractivity contribution < 1.29 is 23.1 Å². The first-order valence-electron chi connectivity index (χ1n) is 5.40. The van der Waals surface area contributed by atoms with Crippen molar-refractivity contribution in [2.45, 2.75) is 20.0 Å². The third-order valence-corrected chi connectivity index (χ3v) is 2.48. The summed E-state index contributed by atoms with van der Waals surface area (Å²) in [6, 6.07) is 4.35. The summed E-state index contributed by atoms with van der Waals surface area (Å²) < 4.78 is 37.3. The number of anilines is 1. The van der Waals surface area contributed by atoms with Gasteiger partial charge in [0.1, 0.15) is 6.54 Å². The molecule has 18 heavy (non-hydrogen) atoms. The number of carbonyl (C=O) groups is 1. The van der Waals surface area contributed by atoms with E-state index in [-0.39, 0.29) is 17.8 Å². The number of hydrogen-bond donors (Lipinski definition) is 1. The number of carboxylic acid groups (broad SMARTS) is 1. The summed E-state index contributed by atoms with van der Waals surface area (Å²) in [7, 11) is 0. The zero-order valence-electron chi connectivity index (χ0n) is 10.1. The smallest absolute Gasteiger partial charge is 0.405 e. The van der Waals surface area contributed by atoms with Crippen LogP contribution < -0.4 is 4.90 Å². The summed E-state index contributed by atoms with van der Waals surface area (Å²) in [6.45, 7) is 2.19. The number of benzene rings is 1. The maximum atomic E-state index is 12.4. The fraction of sp³-hybridized carbons (Fsp3) is 0.417. The number of alkyl halides is 3. The van der Waals surface area contributed by atoms with E-state index in [0.717, 1.165) is 10.5 Å². The highest BCUT2D eigenvalue weighted by Crippen LogP contribution is 2.26. The topological polar surface area (TPSA) is 40.5 Å². The van der Waals surface area contributed by atoms with Crippen LogP contribution in [0.5, 0.6) is 0 Å². The lowest BCUT2D eigenvalue weighted by atomic mass is 10.1. The number of nitrogens with zero attached hydrogens (tertiary/aromatic N) is 1. The van der Waals surface area contributed by atoms with Crippen LogP contribution in [0.3, 0.4) is 0 Å². The quantitative estimate of drug-likeness (QED) is 0.905. The van der Waals surface area contributed by atoms with Gasteiger partial charge in [0.15, 0.2) is 0 Å². The van der Waals surface area contributed by atoms with E-state index < -0.39 is 18.7 Å². The molecule has 0 radical (unpaired) electrons. The van der Waals surface area contributed by atoms with Gasteiger partial charge in [-0.3, -0.25) is 0 Å². The number of aromatic carboxylic acids is 1. The Kier molecular flexibility index (Phi) is 4.21. The van der Waals surface area contributed by atoms with Crippen LogP contribution in [0, 0.1) is 6.92 Å². The summed E-state index contributed by atoms with van der Waals surface area (Å²) in [4.78, 5) is 12.0. The molecule has 3 nitrogen and oxygen atoms in total. The lowest BCUT2D eigenvalue weighted by Crippen LogP contribution is -2.35. The van der Waals surface area contributed by atoms with E-state index in [1.165, 1.54) is 12.1 Å². The lowest BCUT2D eigenvalue weighted by Gasteiger charge is -2.26. The molecule has 0 atom stereocenters. The summed E-state index contributed by atoms with van der Waals surface area (Å²) in [5.74, 6) is -1.23. The highest BCUT2D eigenvalue weighted by Gasteiger charge is 2.31. The third-order valence-electron chi connectivity index (χ3n) is 2.48. The molecule has 1 aromatic rings. The average Bonchev–Trinajstić information content (AvgIpc) is 2.24. The molecule has 0 aliphatic heterocycles. The molecule has 0 saturated carbocycles. The molecule has 0 spiro atoms. The minimum Gasteiger partial charge on any atom is -0.478 e. The first-order valence-corrected chi connectivity index (χ1v) is 5.40. The van der Waals surface area contributed by atoms with Crippen molar-refractivity contribution in [3.63, 3.8) is 0 Å². The van der Waals surface area contributed by atoms with Gasteiger partial charge in [-0.1, -0.05) is 6.07 Å². The summed E-state index contributed by atoms with van der Waals surface area (Å²) in [6.07, 6.45) is -4.37. The summed E-state index contributed by atoms with van der Waals surface area (Å²) in [5.41, 5.74) is 0.699. The van der Waals surface area contributed by atoms with E-state index in [0.29, 0.717) is 0 Å². The number of hydrogen-bond acceptors (Lipinski definition) is 2. The molecule has 0 aliphatic carbocycles. The van der Waals surface area contributed by atoms with Gasteiger partial charge in [0, 0.05) is 6.54 Å². The third kappa shape index (κ3) is 3.65. The van der Waals surface area contributed by atoms with Crippen LogP contribution in [-0.2, 0) is 0 Å². The predicted molar refractivity (Wildman–Crippen MR) is 62.1 cm³/mol. The molecule has 0 fully saturated rings. The van der Waals surface area contributed by atoms with Crippen LogP contribution in [0.4, 0.5) is 18.9 Å². The Bertz CT molecular complexity index is 443. The van der Waals surface area contributed by atoms with Gasteiger partial charge < -0.3 is 10.0 Å². The molecule has 0 bridgehead atoms. The summed E-state index contributed by atoms with van der Waals surface area (Å²) in [5, 5.41) is 8.99. The van der Waals surface area contributed by atoms with Crippen LogP contribution in [-0.4, -0.2) is 30.3 Å². The second kappa shape index (κ2) is 5.29. The van der Waals surface area contributed by atoms with Crippen LogP contribution in [0.15, 0.2) is 18.2 Å². The van der Waals surface area contributed by atoms with E-state index >= 15 is 0 Å².